The molecule has 20 heavy (non-hydrogen) atoms. The number of nitrogens with zero attached hydrogens (tertiary/aromatic N) is 1. The maximum atomic E-state index is 12.3. The molecule has 0 unspecified atom stereocenters. The van der Waals surface area contributed by atoms with Gasteiger partial charge in [0.05, 0.1) is 0 Å². The lowest BCUT2D eigenvalue weighted by Gasteiger charge is -2.30. The molecular weight excluding hydrogens is 246 g/mol. The van der Waals surface area contributed by atoms with Crippen molar-refractivity contribution < 1.29 is 4.79 Å². The summed E-state index contributed by atoms with van der Waals surface area (Å²) < 4.78 is 0. The van der Waals surface area contributed by atoms with Gasteiger partial charge < -0.3 is 4.90 Å². The third kappa shape index (κ3) is 4.17. The minimum atomic E-state index is 0.277. The summed E-state index contributed by atoms with van der Waals surface area (Å²) in [5.74, 6) is 0.277. The van der Waals surface area contributed by atoms with Gasteiger partial charge in [-0.25, -0.2) is 0 Å². The third-order valence-electron chi connectivity index (χ3n) is 4.43. The van der Waals surface area contributed by atoms with E-state index in [9.17, 15) is 4.79 Å². The molecule has 1 fully saturated rings. The molecule has 0 bridgehead atoms. The van der Waals surface area contributed by atoms with Crippen molar-refractivity contribution in [2.24, 2.45) is 0 Å². The summed E-state index contributed by atoms with van der Waals surface area (Å²) in [4.78, 5) is 14.7. The van der Waals surface area contributed by atoms with Crippen molar-refractivity contribution >= 4 is 5.78 Å². The minimum absolute atomic E-state index is 0.277. The standard InChI is InChI=1S/C18H27NO/c1-14-11-15(2)13-16(12-14)18(20)9-10-19(3)17-7-5-4-6-8-17/h11-13,17H,4-10H2,1-3H3. The molecule has 0 amide bonds. The Balaban J connectivity index is 1.87. The molecule has 0 saturated heterocycles. The van der Waals surface area contributed by atoms with Crippen molar-refractivity contribution in [3.63, 3.8) is 0 Å². The predicted octanol–water partition coefficient (Wildman–Crippen LogP) is 4.14. The molecule has 2 nitrogen and oxygen atoms in total. The first kappa shape index (κ1) is 15.2. The Morgan fingerprint density at radius 1 is 1.10 bits per heavy atom. The van der Waals surface area contributed by atoms with Gasteiger partial charge in [0.2, 0.25) is 0 Å². The van der Waals surface area contributed by atoms with Gasteiger partial charge in [-0.15, -0.1) is 0 Å². The molecule has 0 aliphatic heterocycles. The average molecular weight is 273 g/mol. The van der Waals surface area contributed by atoms with Gasteiger partial charge in [-0.3, -0.25) is 4.79 Å². The normalized spacial score (nSPS) is 16.6. The quantitative estimate of drug-likeness (QED) is 0.751. The number of Topliss-reactive ketones (excluding diaryl/α,β-unsaturated/α-hetero) is 1. The van der Waals surface area contributed by atoms with Crippen molar-refractivity contribution in [3.8, 4) is 0 Å². The first-order valence-corrected chi connectivity index (χ1v) is 7.88. The second kappa shape index (κ2) is 7.03. The number of rotatable bonds is 5. The van der Waals surface area contributed by atoms with Crippen LogP contribution in [0.5, 0.6) is 0 Å². The Morgan fingerprint density at radius 2 is 1.70 bits per heavy atom. The predicted molar refractivity (Wildman–Crippen MR) is 84.4 cm³/mol. The van der Waals surface area contributed by atoms with Crippen molar-refractivity contribution in [2.45, 2.75) is 58.4 Å². The number of carbonyl (C=O) groups excluding carboxylic acids is 1. The molecule has 1 saturated carbocycles. The van der Waals surface area contributed by atoms with Crippen LogP contribution in [0.25, 0.3) is 0 Å². The van der Waals surface area contributed by atoms with E-state index in [0.29, 0.717) is 12.5 Å². The van der Waals surface area contributed by atoms with Gasteiger partial charge in [0.15, 0.2) is 5.78 Å². The molecule has 2 heteroatoms. The van der Waals surface area contributed by atoms with E-state index in [0.717, 1.165) is 12.1 Å². The van der Waals surface area contributed by atoms with E-state index in [-0.39, 0.29) is 5.78 Å². The van der Waals surface area contributed by atoms with Crippen LogP contribution in [0.3, 0.4) is 0 Å². The van der Waals surface area contributed by atoms with Gasteiger partial charge >= 0.3 is 0 Å². The summed E-state index contributed by atoms with van der Waals surface area (Å²) in [6.07, 6.45) is 7.31. The lowest BCUT2D eigenvalue weighted by atomic mass is 9.94. The van der Waals surface area contributed by atoms with E-state index in [1.807, 2.05) is 12.1 Å². The summed E-state index contributed by atoms with van der Waals surface area (Å²) in [6, 6.07) is 6.83. The lowest BCUT2D eigenvalue weighted by molar-refractivity contribution is 0.0952. The summed E-state index contributed by atoms with van der Waals surface area (Å²) in [6.45, 7) is 4.99. The van der Waals surface area contributed by atoms with E-state index < -0.39 is 0 Å². The molecule has 1 aliphatic carbocycles. The number of ketones is 1. The van der Waals surface area contributed by atoms with Crippen LogP contribution in [-0.4, -0.2) is 30.3 Å². The molecule has 0 aromatic heterocycles. The van der Waals surface area contributed by atoms with Crippen LogP contribution in [0.4, 0.5) is 0 Å². The highest BCUT2D eigenvalue weighted by Crippen LogP contribution is 2.22. The van der Waals surface area contributed by atoms with Crippen molar-refractivity contribution in [1.29, 1.82) is 0 Å². The fraction of sp³-hybridized carbons (Fsp3) is 0.611. The third-order valence-corrected chi connectivity index (χ3v) is 4.43. The zero-order valence-corrected chi connectivity index (χ0v) is 13.1. The summed E-state index contributed by atoms with van der Waals surface area (Å²) in [5, 5.41) is 0. The molecular formula is C18H27NO. The lowest BCUT2D eigenvalue weighted by Crippen LogP contribution is -2.34. The van der Waals surface area contributed by atoms with Gasteiger partial charge in [0.1, 0.15) is 0 Å². The van der Waals surface area contributed by atoms with Gasteiger partial charge in [0, 0.05) is 24.6 Å². The topological polar surface area (TPSA) is 20.3 Å². The molecule has 1 aromatic carbocycles. The van der Waals surface area contributed by atoms with E-state index in [2.05, 4.69) is 31.9 Å². The molecule has 0 spiro atoms. The van der Waals surface area contributed by atoms with Crippen molar-refractivity contribution in [2.75, 3.05) is 13.6 Å². The maximum absolute atomic E-state index is 12.3. The van der Waals surface area contributed by atoms with Gasteiger partial charge in [-0.1, -0.05) is 36.5 Å². The van der Waals surface area contributed by atoms with Gasteiger partial charge in [-0.05, 0) is 45.9 Å². The van der Waals surface area contributed by atoms with Crippen molar-refractivity contribution in [3.05, 3.63) is 34.9 Å². The van der Waals surface area contributed by atoms with Gasteiger partial charge in [-0.2, -0.15) is 0 Å². The molecule has 1 aromatic rings. The second-order valence-corrected chi connectivity index (χ2v) is 6.32. The Hall–Kier alpha value is -1.15. The molecule has 0 atom stereocenters. The van der Waals surface area contributed by atoms with Crippen LogP contribution >= 0.6 is 0 Å². The van der Waals surface area contributed by atoms with E-state index >= 15 is 0 Å². The summed E-state index contributed by atoms with van der Waals surface area (Å²) in [5.41, 5.74) is 3.22. The highest BCUT2D eigenvalue weighted by molar-refractivity contribution is 5.96. The highest BCUT2D eigenvalue weighted by atomic mass is 16.1. The number of aryl methyl sites for hydroxylation is 2. The number of hydrogen-bond acceptors (Lipinski definition) is 2. The van der Waals surface area contributed by atoms with Crippen LogP contribution in [0.1, 0.15) is 60.0 Å². The highest BCUT2D eigenvalue weighted by Gasteiger charge is 2.18. The Morgan fingerprint density at radius 3 is 2.30 bits per heavy atom. The number of hydrogen-bond donors (Lipinski definition) is 0. The number of benzene rings is 1. The fourth-order valence-corrected chi connectivity index (χ4v) is 3.26. The first-order chi connectivity index (χ1) is 9.56. The maximum Gasteiger partial charge on any atom is 0.164 e. The fourth-order valence-electron chi connectivity index (χ4n) is 3.26. The van der Waals surface area contributed by atoms with E-state index in [4.69, 9.17) is 0 Å². The SMILES string of the molecule is Cc1cc(C)cc(C(=O)CCN(C)C2CCCCC2)c1. The molecule has 110 valence electrons. The van der Waals surface area contributed by atoms with E-state index in [1.165, 1.54) is 43.2 Å². The largest absolute Gasteiger partial charge is 0.303 e. The Bertz CT molecular complexity index is 440. The Kier molecular flexibility index (Phi) is 5.36. The number of carbonyl (C=O) groups is 1. The minimum Gasteiger partial charge on any atom is -0.303 e. The average Bonchev–Trinajstić information content (AvgIpc) is 2.44. The monoisotopic (exact) mass is 273 g/mol. The molecule has 1 aliphatic rings. The Labute approximate surface area is 123 Å². The van der Waals surface area contributed by atoms with Crippen LogP contribution in [0.15, 0.2) is 18.2 Å². The van der Waals surface area contributed by atoms with Crippen LogP contribution < -0.4 is 0 Å². The zero-order valence-electron chi connectivity index (χ0n) is 13.1. The zero-order chi connectivity index (χ0) is 14.5. The van der Waals surface area contributed by atoms with Crippen molar-refractivity contribution in [1.82, 2.24) is 4.90 Å². The molecule has 2 rings (SSSR count). The smallest absolute Gasteiger partial charge is 0.164 e. The second-order valence-electron chi connectivity index (χ2n) is 6.32. The van der Waals surface area contributed by atoms with E-state index in [1.54, 1.807) is 0 Å². The van der Waals surface area contributed by atoms with Crippen LogP contribution in [-0.2, 0) is 0 Å². The molecule has 0 heterocycles. The van der Waals surface area contributed by atoms with Crippen LogP contribution in [0.2, 0.25) is 0 Å². The molecule has 0 radical (unpaired) electrons. The summed E-state index contributed by atoms with van der Waals surface area (Å²) >= 11 is 0. The van der Waals surface area contributed by atoms with Gasteiger partial charge in [0.25, 0.3) is 0 Å². The first-order valence-electron chi connectivity index (χ1n) is 7.88. The summed E-state index contributed by atoms with van der Waals surface area (Å²) in [7, 11) is 2.17. The van der Waals surface area contributed by atoms with Crippen LogP contribution in [0, 0.1) is 13.8 Å². The molecule has 0 N–H and O–H groups in total.